The third-order valence-corrected chi connectivity index (χ3v) is 3.73. The normalized spacial score (nSPS) is 12.2. The molecule has 112 valence electrons. The Morgan fingerprint density at radius 2 is 1.81 bits per heavy atom. The summed E-state index contributed by atoms with van der Waals surface area (Å²) in [7, 11) is 0. The quantitative estimate of drug-likeness (QED) is 0.834. The summed E-state index contributed by atoms with van der Waals surface area (Å²) in [6.45, 7) is 0.365. The molecule has 0 amide bonds. The second-order valence-electron chi connectivity index (χ2n) is 4.64. The van der Waals surface area contributed by atoms with Crippen LogP contribution in [0.25, 0.3) is 0 Å². The van der Waals surface area contributed by atoms with Crippen LogP contribution < -0.4 is 4.74 Å². The van der Waals surface area contributed by atoms with Gasteiger partial charge in [0, 0.05) is 16.0 Å². The molecule has 5 heteroatoms. The SMILES string of the molecule is OC[C@@H](CCOc1ccc(F)cc1)c1ccc(Cl)cc1Cl. The average molecular weight is 329 g/mol. The Morgan fingerprint density at radius 1 is 1.10 bits per heavy atom. The summed E-state index contributed by atoms with van der Waals surface area (Å²) in [5.74, 6) is 0.161. The van der Waals surface area contributed by atoms with Crippen molar-refractivity contribution < 1.29 is 14.2 Å². The van der Waals surface area contributed by atoms with Gasteiger partial charge in [0.25, 0.3) is 0 Å². The van der Waals surface area contributed by atoms with Crippen molar-refractivity contribution >= 4 is 23.2 Å². The molecule has 0 fully saturated rings. The molecule has 0 aliphatic carbocycles. The van der Waals surface area contributed by atoms with Crippen LogP contribution in [0.1, 0.15) is 17.9 Å². The van der Waals surface area contributed by atoms with E-state index in [0.717, 1.165) is 5.56 Å². The molecule has 0 aromatic heterocycles. The van der Waals surface area contributed by atoms with Gasteiger partial charge in [0.05, 0.1) is 13.2 Å². The second kappa shape index (κ2) is 7.64. The van der Waals surface area contributed by atoms with E-state index in [2.05, 4.69) is 0 Å². The van der Waals surface area contributed by atoms with E-state index in [9.17, 15) is 9.50 Å². The van der Waals surface area contributed by atoms with Gasteiger partial charge < -0.3 is 9.84 Å². The highest BCUT2D eigenvalue weighted by molar-refractivity contribution is 6.35. The topological polar surface area (TPSA) is 29.5 Å². The van der Waals surface area contributed by atoms with Crippen molar-refractivity contribution in [2.75, 3.05) is 13.2 Å². The van der Waals surface area contributed by atoms with Gasteiger partial charge in [0.2, 0.25) is 0 Å². The van der Waals surface area contributed by atoms with Crippen molar-refractivity contribution in [3.8, 4) is 5.75 Å². The van der Waals surface area contributed by atoms with E-state index in [-0.39, 0.29) is 18.3 Å². The first-order chi connectivity index (χ1) is 10.1. The van der Waals surface area contributed by atoms with Gasteiger partial charge in [-0.05, 0) is 48.4 Å². The summed E-state index contributed by atoms with van der Waals surface area (Å²) < 4.78 is 18.3. The minimum atomic E-state index is -0.302. The molecule has 0 heterocycles. The molecule has 2 aromatic rings. The predicted octanol–water partition coefficient (Wildman–Crippen LogP) is 4.68. The van der Waals surface area contributed by atoms with Crippen molar-refractivity contribution in [1.82, 2.24) is 0 Å². The molecule has 0 radical (unpaired) electrons. The Balaban J connectivity index is 1.94. The molecule has 0 aliphatic rings. The van der Waals surface area contributed by atoms with E-state index >= 15 is 0 Å². The monoisotopic (exact) mass is 328 g/mol. The molecule has 0 aliphatic heterocycles. The first-order valence-corrected chi connectivity index (χ1v) is 7.30. The summed E-state index contributed by atoms with van der Waals surface area (Å²) in [6, 6.07) is 11.0. The standard InChI is InChI=1S/C16H15Cl2FO2/c17-12-1-6-15(16(18)9-12)11(10-20)7-8-21-14-4-2-13(19)3-5-14/h1-6,9,11,20H,7-8,10H2/t11-/m1/s1. The smallest absolute Gasteiger partial charge is 0.123 e. The zero-order valence-electron chi connectivity index (χ0n) is 11.2. The second-order valence-corrected chi connectivity index (χ2v) is 5.48. The number of benzene rings is 2. The maximum Gasteiger partial charge on any atom is 0.123 e. The average Bonchev–Trinajstić information content (AvgIpc) is 2.46. The van der Waals surface area contributed by atoms with Gasteiger partial charge >= 0.3 is 0 Å². The highest BCUT2D eigenvalue weighted by Gasteiger charge is 2.14. The maximum absolute atomic E-state index is 12.8. The van der Waals surface area contributed by atoms with E-state index in [4.69, 9.17) is 27.9 Å². The van der Waals surface area contributed by atoms with Crippen molar-refractivity contribution in [2.24, 2.45) is 0 Å². The van der Waals surface area contributed by atoms with Crippen LogP contribution in [0.2, 0.25) is 10.0 Å². The number of aliphatic hydroxyl groups is 1. The minimum Gasteiger partial charge on any atom is -0.494 e. The lowest BCUT2D eigenvalue weighted by molar-refractivity contribution is 0.229. The summed E-state index contributed by atoms with van der Waals surface area (Å²) in [5.41, 5.74) is 0.839. The Kier molecular flexibility index (Phi) is 5.85. The first kappa shape index (κ1) is 16.1. The molecule has 21 heavy (non-hydrogen) atoms. The number of ether oxygens (including phenoxy) is 1. The van der Waals surface area contributed by atoms with Crippen molar-refractivity contribution in [3.63, 3.8) is 0 Å². The van der Waals surface area contributed by atoms with Crippen LogP contribution >= 0.6 is 23.2 Å². The van der Waals surface area contributed by atoms with Gasteiger partial charge in [0.1, 0.15) is 11.6 Å². The van der Waals surface area contributed by atoms with E-state index in [1.165, 1.54) is 12.1 Å². The molecule has 0 saturated carbocycles. The summed E-state index contributed by atoms with van der Waals surface area (Å²) in [4.78, 5) is 0. The fourth-order valence-electron chi connectivity index (χ4n) is 2.03. The molecule has 0 bridgehead atoms. The summed E-state index contributed by atoms with van der Waals surface area (Å²) >= 11 is 12.0. The van der Waals surface area contributed by atoms with E-state index in [1.807, 2.05) is 6.07 Å². The number of hydrogen-bond acceptors (Lipinski definition) is 2. The molecule has 0 spiro atoms. The summed E-state index contributed by atoms with van der Waals surface area (Å²) in [5, 5.41) is 10.6. The Bertz CT molecular complexity index is 587. The number of rotatable bonds is 6. The van der Waals surface area contributed by atoms with Crippen LogP contribution in [0.5, 0.6) is 5.75 Å². The van der Waals surface area contributed by atoms with Gasteiger partial charge in [0.15, 0.2) is 0 Å². The number of hydrogen-bond donors (Lipinski definition) is 1. The zero-order chi connectivity index (χ0) is 15.2. The lowest BCUT2D eigenvalue weighted by Gasteiger charge is -2.16. The van der Waals surface area contributed by atoms with E-state index in [0.29, 0.717) is 28.8 Å². The van der Waals surface area contributed by atoms with Crippen molar-refractivity contribution in [3.05, 3.63) is 63.9 Å². The van der Waals surface area contributed by atoms with E-state index in [1.54, 1.807) is 24.3 Å². The lowest BCUT2D eigenvalue weighted by Crippen LogP contribution is -2.10. The van der Waals surface area contributed by atoms with Gasteiger partial charge in [-0.3, -0.25) is 0 Å². The fourth-order valence-corrected chi connectivity index (χ4v) is 2.59. The largest absolute Gasteiger partial charge is 0.494 e. The molecule has 0 unspecified atom stereocenters. The van der Waals surface area contributed by atoms with Crippen LogP contribution in [0.3, 0.4) is 0 Å². The molecular formula is C16H15Cl2FO2. The Hall–Kier alpha value is -1.29. The molecule has 1 atom stereocenters. The lowest BCUT2D eigenvalue weighted by atomic mass is 9.97. The fraction of sp³-hybridized carbons (Fsp3) is 0.250. The maximum atomic E-state index is 12.8. The third kappa shape index (κ3) is 4.60. The van der Waals surface area contributed by atoms with Crippen LogP contribution in [-0.4, -0.2) is 18.3 Å². The number of aliphatic hydroxyl groups excluding tert-OH is 1. The minimum absolute atomic E-state index is 0.0336. The van der Waals surface area contributed by atoms with Crippen molar-refractivity contribution in [1.29, 1.82) is 0 Å². The Morgan fingerprint density at radius 3 is 2.43 bits per heavy atom. The highest BCUT2D eigenvalue weighted by atomic mass is 35.5. The van der Waals surface area contributed by atoms with Gasteiger partial charge in [-0.15, -0.1) is 0 Å². The summed E-state index contributed by atoms with van der Waals surface area (Å²) in [6.07, 6.45) is 0.592. The van der Waals surface area contributed by atoms with E-state index < -0.39 is 0 Å². The van der Waals surface area contributed by atoms with Gasteiger partial charge in [-0.2, -0.15) is 0 Å². The van der Waals surface area contributed by atoms with Gasteiger partial charge in [-0.25, -0.2) is 4.39 Å². The number of halogens is 3. The van der Waals surface area contributed by atoms with Crippen LogP contribution in [-0.2, 0) is 0 Å². The Labute approximate surface area is 133 Å². The van der Waals surface area contributed by atoms with Crippen molar-refractivity contribution in [2.45, 2.75) is 12.3 Å². The van der Waals surface area contributed by atoms with Gasteiger partial charge in [-0.1, -0.05) is 29.3 Å². The molecule has 2 aromatic carbocycles. The molecule has 0 saturated heterocycles. The molecule has 2 rings (SSSR count). The zero-order valence-corrected chi connectivity index (χ0v) is 12.7. The first-order valence-electron chi connectivity index (χ1n) is 6.54. The third-order valence-electron chi connectivity index (χ3n) is 3.17. The van der Waals surface area contributed by atoms with Crippen LogP contribution in [0.15, 0.2) is 42.5 Å². The van der Waals surface area contributed by atoms with Crippen LogP contribution in [0.4, 0.5) is 4.39 Å². The molecule has 2 nitrogen and oxygen atoms in total. The highest BCUT2D eigenvalue weighted by Crippen LogP contribution is 2.29. The molecule has 1 N–H and O–H groups in total. The van der Waals surface area contributed by atoms with Crippen LogP contribution in [0, 0.1) is 5.82 Å². The predicted molar refractivity (Wildman–Crippen MR) is 82.8 cm³/mol. The molecular weight excluding hydrogens is 314 g/mol.